The molecule has 0 aliphatic heterocycles. The van der Waals surface area contributed by atoms with Crippen LogP contribution in [0.25, 0.3) is 50.8 Å². The van der Waals surface area contributed by atoms with E-state index in [9.17, 15) is 5.26 Å². The summed E-state index contributed by atoms with van der Waals surface area (Å²) in [5, 5.41) is 62.4. The third-order valence-corrected chi connectivity index (χ3v) is 7.97. The van der Waals surface area contributed by atoms with Crippen molar-refractivity contribution >= 4 is 40.0 Å². The molecule has 22 nitrogen and oxygen atoms in total. The van der Waals surface area contributed by atoms with Gasteiger partial charge >= 0.3 is 0 Å². The zero-order valence-electron chi connectivity index (χ0n) is 27.9. The van der Waals surface area contributed by atoms with Crippen molar-refractivity contribution in [1.29, 1.82) is 5.26 Å². The lowest BCUT2D eigenvalue weighted by Gasteiger charge is -2.02. The van der Waals surface area contributed by atoms with Gasteiger partial charge in [-0.05, 0) is 50.2 Å². The van der Waals surface area contributed by atoms with Gasteiger partial charge in [-0.15, -0.1) is 50.1 Å². The summed E-state index contributed by atoms with van der Waals surface area (Å²) in [7, 11) is 0. The van der Waals surface area contributed by atoms with Gasteiger partial charge in [0.25, 0.3) is 5.69 Å². The summed E-state index contributed by atoms with van der Waals surface area (Å²) >= 11 is 0. The molecule has 0 unspecified atom stereocenters. The molecule has 258 valence electrons. The van der Waals surface area contributed by atoms with Gasteiger partial charge in [0.2, 0.25) is 0 Å². The Labute approximate surface area is 301 Å². The number of fused-ring (bicyclic) bond motifs is 2. The number of aryl methyl sites for hydroxylation is 2. The molecule has 0 spiro atoms. The summed E-state index contributed by atoms with van der Waals surface area (Å²) in [5.41, 5.74) is 4.13. The molecule has 9 rings (SSSR count). The lowest BCUT2D eigenvalue weighted by molar-refractivity contribution is 0.805. The van der Waals surface area contributed by atoms with E-state index in [4.69, 9.17) is 6.57 Å². The monoisotopic (exact) mass is 712 g/mol. The molecule has 0 radical (unpaired) electrons. The van der Waals surface area contributed by atoms with Crippen LogP contribution in [0, 0.1) is 31.8 Å². The highest BCUT2D eigenvalue weighted by molar-refractivity contribution is 5.71. The fraction of sp³-hybridized carbons (Fsp3) is 0.0625. The molecule has 9 aromatic heterocycles. The second kappa shape index (κ2) is 12.6. The summed E-state index contributed by atoms with van der Waals surface area (Å²) in [5.74, 6) is 2.17. The summed E-state index contributed by atoms with van der Waals surface area (Å²) in [6.07, 6.45) is 6.05. The van der Waals surface area contributed by atoms with Gasteiger partial charge in [-0.25, -0.2) is 19.5 Å². The van der Waals surface area contributed by atoms with Crippen LogP contribution < -0.4 is 0 Å². The van der Waals surface area contributed by atoms with E-state index < -0.39 is 0 Å². The minimum Gasteiger partial charge on any atom is -0.318 e. The quantitative estimate of drug-likeness (QED) is 0.145. The Morgan fingerprint density at radius 3 is 1.72 bits per heavy atom. The smallest absolute Gasteiger partial charge is 0.252 e. The van der Waals surface area contributed by atoms with E-state index in [0.29, 0.717) is 68.7 Å². The first kappa shape index (κ1) is 31.3. The fourth-order valence-corrected chi connectivity index (χ4v) is 5.40. The van der Waals surface area contributed by atoms with Crippen molar-refractivity contribution < 1.29 is 0 Å². The van der Waals surface area contributed by atoms with Crippen molar-refractivity contribution in [2.75, 3.05) is 0 Å². The first-order valence-corrected chi connectivity index (χ1v) is 15.8. The molecule has 2 N–H and O–H groups in total. The highest BCUT2D eigenvalue weighted by Gasteiger charge is 2.20. The van der Waals surface area contributed by atoms with Gasteiger partial charge in [0.05, 0.1) is 30.4 Å². The van der Waals surface area contributed by atoms with Crippen LogP contribution in [0.1, 0.15) is 17.0 Å². The molecule has 0 aliphatic rings. The number of aromatic nitrogens is 16. The van der Waals surface area contributed by atoms with Crippen LogP contribution in [0.15, 0.2) is 93.8 Å². The molecule has 22 heteroatoms. The number of azo groups is 2. The predicted molar refractivity (Wildman–Crippen MR) is 186 cm³/mol. The third-order valence-electron chi connectivity index (χ3n) is 7.97. The standard InChI is InChI=1S/C32H20N22/c1-17-25(43-45-29-19(14-33)15-37-51(29)23-8-4-6-12-35-23)31-39-27(49-53(31)47-17)20-10-11-21(42-41-20)28-40-32-26(18(2)48-54(32)50-28)44-46-30-22(34-3)16-38-52(30)24-9-5-7-13-36-24/h4-13,15-16H,1-2H3,(H,39,49)(H,40,50)/b45-43+,46-44+. The van der Waals surface area contributed by atoms with Crippen LogP contribution in [0.3, 0.4) is 0 Å². The maximum absolute atomic E-state index is 9.64. The zero-order chi connectivity index (χ0) is 36.8. The maximum atomic E-state index is 9.64. The second-order valence-electron chi connectivity index (χ2n) is 11.4. The summed E-state index contributed by atoms with van der Waals surface area (Å²) in [4.78, 5) is 18.5. The Balaban J connectivity index is 0.987. The fourth-order valence-electron chi connectivity index (χ4n) is 5.40. The molecule has 0 saturated carbocycles. The van der Waals surface area contributed by atoms with Crippen LogP contribution in [0.5, 0.6) is 0 Å². The average molecular weight is 713 g/mol. The zero-order valence-corrected chi connectivity index (χ0v) is 27.9. The Morgan fingerprint density at radius 2 is 1.22 bits per heavy atom. The van der Waals surface area contributed by atoms with E-state index in [2.05, 4.69) is 92.1 Å². The number of hydrogen-bond acceptors (Lipinski definition) is 15. The SMILES string of the molecule is [C-]#[N+]c1cnn(-c2ccccn2)c1/N=N/c1c(C)nn2nc(-c3ccc(-c4nn5nc(C)c(/N=N/c6c(C#N)cnn6-c6ccccn6)c5[nH]4)nn3)[nH]c12. The van der Waals surface area contributed by atoms with Crippen LogP contribution in [-0.4, -0.2) is 79.3 Å². The molecule has 0 aliphatic carbocycles. The number of hydrogen-bond donors (Lipinski definition) is 2. The van der Waals surface area contributed by atoms with E-state index in [1.165, 1.54) is 31.0 Å². The lowest BCUT2D eigenvalue weighted by Crippen LogP contribution is -1.97. The largest absolute Gasteiger partial charge is 0.318 e. The number of pyridine rings is 2. The first-order valence-electron chi connectivity index (χ1n) is 15.8. The van der Waals surface area contributed by atoms with E-state index in [-0.39, 0.29) is 22.9 Å². The predicted octanol–water partition coefficient (Wildman–Crippen LogP) is 5.58. The van der Waals surface area contributed by atoms with Gasteiger partial charge in [-0.1, -0.05) is 12.1 Å². The van der Waals surface area contributed by atoms with Crippen molar-refractivity contribution in [1.82, 2.24) is 79.3 Å². The molecule has 0 fully saturated rings. The van der Waals surface area contributed by atoms with Crippen molar-refractivity contribution in [3.05, 3.63) is 102 Å². The molecule has 54 heavy (non-hydrogen) atoms. The second-order valence-corrected chi connectivity index (χ2v) is 11.4. The van der Waals surface area contributed by atoms with Crippen molar-refractivity contribution in [3.8, 4) is 40.7 Å². The summed E-state index contributed by atoms with van der Waals surface area (Å²) < 4.78 is 5.66. The van der Waals surface area contributed by atoms with Gasteiger partial charge in [0.1, 0.15) is 23.0 Å². The van der Waals surface area contributed by atoms with Gasteiger partial charge < -0.3 is 9.97 Å². The summed E-state index contributed by atoms with van der Waals surface area (Å²) in [6.45, 7) is 11.1. The number of H-pyrrole nitrogens is 2. The van der Waals surface area contributed by atoms with Gasteiger partial charge in [-0.2, -0.15) is 30.3 Å². The van der Waals surface area contributed by atoms with Gasteiger partial charge in [0, 0.05) is 12.4 Å². The minimum atomic E-state index is 0.214. The maximum Gasteiger partial charge on any atom is 0.252 e. The number of aromatic amines is 2. The number of rotatable bonds is 8. The molecule has 0 aromatic carbocycles. The van der Waals surface area contributed by atoms with Crippen LogP contribution in [-0.2, 0) is 0 Å². The minimum absolute atomic E-state index is 0.214. The Kier molecular flexibility index (Phi) is 7.30. The molecule has 0 saturated heterocycles. The Morgan fingerprint density at radius 1 is 0.685 bits per heavy atom. The normalized spacial score (nSPS) is 11.7. The van der Waals surface area contributed by atoms with E-state index in [0.717, 1.165) is 0 Å². The molecular weight excluding hydrogens is 693 g/mol. The van der Waals surface area contributed by atoms with Gasteiger partial charge in [0.15, 0.2) is 57.6 Å². The van der Waals surface area contributed by atoms with E-state index in [1.807, 2.05) is 6.07 Å². The third kappa shape index (κ3) is 5.28. The molecule has 0 amide bonds. The van der Waals surface area contributed by atoms with Crippen molar-refractivity contribution in [3.63, 3.8) is 0 Å². The number of nitrogens with one attached hydrogen (secondary N) is 2. The molecule has 0 bridgehead atoms. The van der Waals surface area contributed by atoms with E-state index in [1.54, 1.807) is 68.7 Å². The molecule has 0 atom stereocenters. The van der Waals surface area contributed by atoms with Crippen molar-refractivity contribution in [2.24, 2.45) is 20.5 Å². The molecular formula is C32H20N22. The van der Waals surface area contributed by atoms with Crippen LogP contribution >= 0.6 is 0 Å². The van der Waals surface area contributed by atoms with Crippen LogP contribution in [0.2, 0.25) is 0 Å². The van der Waals surface area contributed by atoms with Gasteiger partial charge in [-0.3, -0.25) is 0 Å². The number of nitrogens with zero attached hydrogens (tertiary/aromatic N) is 20. The molecule has 9 aromatic rings. The average Bonchev–Trinajstić information content (AvgIpc) is 4.06. The number of nitriles is 1. The highest BCUT2D eigenvalue weighted by Crippen LogP contribution is 2.34. The lowest BCUT2D eigenvalue weighted by atomic mass is 10.3. The van der Waals surface area contributed by atoms with Crippen LogP contribution in [0.4, 0.5) is 28.7 Å². The van der Waals surface area contributed by atoms with Crippen molar-refractivity contribution in [2.45, 2.75) is 13.8 Å². The Bertz CT molecular complexity index is 2770. The Hall–Kier alpha value is -8.66. The summed E-state index contributed by atoms with van der Waals surface area (Å²) in [6, 6.07) is 16.2. The molecule has 9 heterocycles. The highest BCUT2D eigenvalue weighted by atomic mass is 15.5. The first-order chi connectivity index (χ1) is 26.5. The topological polar surface area (TPSA) is 257 Å². The van der Waals surface area contributed by atoms with E-state index >= 15 is 0 Å².